The molecule has 2 amide bonds. The van der Waals surface area contributed by atoms with E-state index in [9.17, 15) is 24.0 Å². The Kier molecular flexibility index (Phi) is 17.5. The maximum atomic E-state index is 17.8. The zero-order valence-electron chi connectivity index (χ0n) is 52.8. The molecule has 1 aromatic heterocycles. The number of fused-ring (bicyclic) bond motifs is 2. The standard InChI is InChI=1S/C77H63BF2IN4O10/c1-47-67(76(89)93-45-52-21-11-7-12-22-52)49(3)81-85-73(47)71(72-48(2)68(50(4)84(72)78(85,79)80)77(90)94-46-53-23-13-8-14-24-53)70-64(91-5)43-59(44-65(70)92-6)95-66(86)32-19-25-51-33-37-58(38-34-51)83-74(87)62-31-20-30-61-60(41-42-63(69(61)62)75(83)88)54-35-39-57(40-36-54)82(55-26-15-9-16-27-55)56-28-17-10-18-29-56/h7-18,20-24,26-31,33-44H,19,25,32,45-46H2,1-6H3/q-1. The molecular formula is C77H63BF2IN4O10-. The fourth-order valence-electron chi connectivity index (χ4n) is 13.1. The van der Waals surface area contributed by atoms with Gasteiger partial charge in [0, 0.05) is 72.6 Å². The molecule has 0 aliphatic carbocycles. The summed E-state index contributed by atoms with van der Waals surface area (Å²) < 4.78 is 67.9. The molecule has 0 unspecified atom stereocenters. The van der Waals surface area contributed by atoms with Crippen molar-refractivity contribution in [2.75, 3.05) is 24.0 Å². The number of carbonyl (C=O) groups excluding carboxylic acids is 5. The first-order valence-corrected chi connectivity index (χ1v) is 33.0. The van der Waals surface area contributed by atoms with Gasteiger partial charge in [-0.2, -0.15) is 0 Å². The summed E-state index contributed by atoms with van der Waals surface area (Å²) in [6.07, 6.45) is 0.784. The van der Waals surface area contributed by atoms with Crippen molar-refractivity contribution in [3.05, 3.63) is 285 Å². The largest absolute Gasteiger partial charge is 0.537 e. The van der Waals surface area contributed by atoms with Gasteiger partial charge in [-0.3, -0.25) is 14.4 Å². The molecule has 476 valence electrons. The van der Waals surface area contributed by atoms with Crippen LogP contribution in [0.1, 0.15) is 97.0 Å². The molecule has 0 N–H and O–H groups in total. The van der Waals surface area contributed by atoms with Crippen molar-refractivity contribution in [1.82, 2.24) is 7.50 Å². The van der Waals surface area contributed by atoms with Crippen LogP contribution in [0.2, 0.25) is 0 Å². The van der Waals surface area contributed by atoms with Crippen molar-refractivity contribution in [2.45, 2.75) is 60.2 Å². The highest BCUT2D eigenvalue weighted by atomic mass is 127. The summed E-state index contributed by atoms with van der Waals surface area (Å²) in [5, 5.41) is 1.39. The van der Waals surface area contributed by atoms with E-state index in [0.717, 1.165) is 52.2 Å². The number of ether oxygens (including phenoxy) is 5. The Balaban J connectivity index is 0.738. The van der Waals surface area contributed by atoms with Crippen LogP contribution in [0.25, 0.3) is 27.5 Å². The van der Waals surface area contributed by atoms with Crippen molar-refractivity contribution in [3.63, 3.8) is 0 Å². The molecule has 13 rings (SSSR count). The van der Waals surface area contributed by atoms with Crippen LogP contribution in [0.5, 0.6) is 17.2 Å². The summed E-state index contributed by atoms with van der Waals surface area (Å²) in [5.41, 5.74) is 9.30. The molecule has 9 aromatic carbocycles. The molecule has 95 heavy (non-hydrogen) atoms. The molecule has 18 heteroatoms. The molecule has 0 atom stereocenters. The fourth-order valence-corrected chi connectivity index (χ4v) is 16.1. The Bertz CT molecular complexity index is 4720. The van der Waals surface area contributed by atoms with Crippen molar-refractivity contribution in [2.24, 2.45) is 0 Å². The van der Waals surface area contributed by atoms with Gasteiger partial charge in [-0.1, -0.05) is 140 Å². The minimum Gasteiger partial charge on any atom is -0.496 e. The van der Waals surface area contributed by atoms with Crippen molar-refractivity contribution in [3.8, 4) is 28.4 Å². The molecular weight excluding hydrogens is 1320 g/mol. The second-order valence-corrected chi connectivity index (χ2v) is 26.4. The lowest BCUT2D eigenvalue weighted by Crippen LogP contribution is -2.53. The van der Waals surface area contributed by atoms with Crippen LogP contribution in [-0.4, -0.2) is 61.9 Å². The maximum absolute atomic E-state index is 17.8. The predicted octanol–water partition coefficient (Wildman–Crippen LogP) is 16.9. The number of amides is 2. The Morgan fingerprint density at radius 3 is 1.69 bits per heavy atom. The molecule has 3 aliphatic heterocycles. The second-order valence-electron chi connectivity index (χ2n) is 23.3. The smallest absolute Gasteiger partial charge is 0.496 e. The highest BCUT2D eigenvalue weighted by Gasteiger charge is 2.50. The Morgan fingerprint density at radius 2 is 1.12 bits per heavy atom. The number of anilines is 4. The van der Waals surface area contributed by atoms with Gasteiger partial charge in [-0.05, 0) is 172 Å². The van der Waals surface area contributed by atoms with Crippen LogP contribution >= 0.6 is 21.0 Å². The number of para-hydroxylation sites is 2. The van der Waals surface area contributed by atoms with E-state index in [2.05, 4.69) is 53.4 Å². The van der Waals surface area contributed by atoms with E-state index in [4.69, 9.17) is 23.7 Å². The molecule has 10 aromatic rings. The third-order valence-electron chi connectivity index (χ3n) is 17.5. The van der Waals surface area contributed by atoms with Crippen molar-refractivity contribution in [1.29, 1.82) is 0 Å². The van der Waals surface area contributed by atoms with Gasteiger partial charge in [0.2, 0.25) is 0 Å². The molecule has 0 saturated heterocycles. The highest BCUT2D eigenvalue weighted by Crippen LogP contribution is 2.55. The minimum absolute atomic E-state index is 0.0138. The summed E-state index contributed by atoms with van der Waals surface area (Å²) in [4.78, 5) is 74.5. The number of imide groups is 1. The van der Waals surface area contributed by atoms with E-state index < -0.39 is 57.7 Å². The van der Waals surface area contributed by atoms with Gasteiger partial charge in [0.25, 0.3) is 11.8 Å². The average molecular weight is 1380 g/mol. The number of hydrogen-bond acceptors (Lipinski definition) is 12. The van der Waals surface area contributed by atoms with Gasteiger partial charge < -0.3 is 44.7 Å². The van der Waals surface area contributed by atoms with E-state index in [0.29, 0.717) is 44.1 Å². The van der Waals surface area contributed by atoms with Gasteiger partial charge in [-0.25, -0.2) is 14.5 Å². The number of nitrogens with zero attached hydrogens (tertiary/aromatic N) is 4. The van der Waals surface area contributed by atoms with Gasteiger partial charge in [0.1, 0.15) is 30.5 Å². The van der Waals surface area contributed by atoms with E-state index >= 15 is 8.63 Å². The van der Waals surface area contributed by atoms with E-state index in [1.165, 1.54) is 38.2 Å². The van der Waals surface area contributed by atoms with Gasteiger partial charge >= 0.3 is 24.9 Å². The number of halogens is 3. The predicted molar refractivity (Wildman–Crippen MR) is 374 cm³/mol. The van der Waals surface area contributed by atoms with Crippen molar-refractivity contribution >= 4 is 100 Å². The normalized spacial score (nSPS) is 14.0. The summed E-state index contributed by atoms with van der Waals surface area (Å²) in [5.74, 6) is -2.72. The summed E-state index contributed by atoms with van der Waals surface area (Å²) in [6, 6.07) is 66.1. The Labute approximate surface area is 558 Å². The first-order valence-electron chi connectivity index (χ1n) is 31.0. The molecule has 0 saturated carbocycles. The van der Waals surface area contributed by atoms with E-state index in [1.54, 1.807) is 57.2 Å². The van der Waals surface area contributed by atoms with E-state index in [-0.39, 0.29) is 87.4 Å². The van der Waals surface area contributed by atoms with Gasteiger partial charge in [-0.15, -0.1) is 0 Å². The van der Waals surface area contributed by atoms with Crippen LogP contribution < -0.4 is 24.0 Å². The highest BCUT2D eigenvalue weighted by molar-refractivity contribution is 14.2. The first-order chi connectivity index (χ1) is 46.1. The Morgan fingerprint density at radius 1 is 0.579 bits per heavy atom. The molecule has 4 heterocycles. The third kappa shape index (κ3) is 11.8. The lowest BCUT2D eigenvalue weighted by molar-refractivity contribution is -0.139. The molecule has 0 fully saturated rings. The number of aryl methyl sites for hydroxylation is 1. The zero-order valence-corrected chi connectivity index (χ0v) is 55.0. The quantitative estimate of drug-likeness (QED) is 0.0190. The number of esters is 3. The van der Waals surface area contributed by atoms with Crippen LogP contribution in [0.3, 0.4) is 0 Å². The number of carbonyl (C=O) groups is 5. The molecule has 0 bridgehead atoms. The molecule has 0 spiro atoms. The first kappa shape index (κ1) is 63.1. The second kappa shape index (κ2) is 26.3. The number of methoxy groups -OCH3 is 2. The van der Waals surface area contributed by atoms with E-state index in [1.807, 2.05) is 115 Å². The maximum Gasteiger partial charge on any atom is 0.537 e. The number of allylic oxidation sites excluding steroid dienone is 1. The average Bonchev–Trinajstić information content (AvgIpc) is 1.63. The lowest BCUT2D eigenvalue weighted by Gasteiger charge is -2.49. The van der Waals surface area contributed by atoms with Crippen LogP contribution in [0.15, 0.2) is 229 Å². The summed E-state index contributed by atoms with van der Waals surface area (Å²) in [6.45, 7) is 1.50. The zero-order chi connectivity index (χ0) is 66.2. The number of benzene rings is 9. The molecule has 0 radical (unpaired) electrons. The van der Waals surface area contributed by atoms with Crippen LogP contribution in [-0.2, 0) is 38.7 Å². The lowest BCUT2D eigenvalue weighted by atomic mass is 9.82. The number of rotatable bonds is 19. The topological polar surface area (TPSA) is 146 Å². The number of aromatic nitrogens is 1. The molecule has 14 nitrogen and oxygen atoms in total. The van der Waals surface area contributed by atoms with Gasteiger partial charge in [0.15, 0.2) is 0 Å². The van der Waals surface area contributed by atoms with Crippen LogP contribution in [0.4, 0.5) is 31.4 Å². The monoisotopic (exact) mass is 1380 g/mol. The summed E-state index contributed by atoms with van der Waals surface area (Å²) >= 11 is -1.80. The Hall–Kier alpha value is -10.7. The van der Waals surface area contributed by atoms with Crippen molar-refractivity contribution < 1.29 is 56.3 Å². The molecule has 3 aliphatic rings. The minimum atomic E-state index is -4.68. The van der Waals surface area contributed by atoms with Gasteiger partial charge in [0.05, 0.1) is 36.6 Å². The number of hydrogen-bond donors (Lipinski definition) is 0. The third-order valence-corrected chi connectivity index (χ3v) is 20.4. The fraction of sp³-hybridized carbons (Fsp3) is 0.143. The summed E-state index contributed by atoms with van der Waals surface area (Å²) in [7, 11) is 2.78. The van der Waals surface area contributed by atoms with Crippen LogP contribution in [0, 0.1) is 13.8 Å². The SMILES string of the molecule is COc1cc(OC(=O)CCCc2ccc(N3C(=O)c4cccc5c(-c6ccc(N(c7ccccc7)c7ccccc7)cc6)ccc(c45)C3=O)cc2)cc(OC)c1C1=C2C(C)=C(C(=O)OCc3ccccc3)C(C)=IN2[B-](F)(F)n2c(C)c(C(=O)OCc3ccccc3)c(C)c21.